The van der Waals surface area contributed by atoms with Crippen LogP contribution >= 0.6 is 11.6 Å². The Kier molecular flexibility index (Phi) is 5.23. The molecule has 1 aliphatic rings. The maximum atomic E-state index is 12.7. The number of morpholine rings is 1. The summed E-state index contributed by atoms with van der Waals surface area (Å²) in [6.45, 7) is 6.76. The van der Waals surface area contributed by atoms with Gasteiger partial charge < -0.3 is 14.4 Å². The molecule has 164 valence electrons. The molecule has 0 saturated carbocycles. The van der Waals surface area contributed by atoms with Gasteiger partial charge in [0, 0.05) is 30.4 Å². The van der Waals surface area contributed by atoms with Crippen molar-refractivity contribution in [3.8, 4) is 5.69 Å². The molecule has 0 aliphatic carbocycles. The zero-order chi connectivity index (χ0) is 22.4. The molecule has 0 radical (unpaired) electrons. The molecule has 5 rings (SSSR count). The molecule has 2 aromatic heterocycles. The molecule has 0 amide bonds. The number of carbonyl (C=O) groups is 1. The first-order valence-corrected chi connectivity index (χ1v) is 10.9. The van der Waals surface area contributed by atoms with Gasteiger partial charge in [0.15, 0.2) is 0 Å². The molecule has 1 fully saturated rings. The summed E-state index contributed by atoms with van der Waals surface area (Å²) in [4.78, 5) is 24.2. The molecule has 3 heterocycles. The normalized spacial score (nSPS) is 14.3. The number of hydrogen-bond donors (Lipinski definition) is 0. The van der Waals surface area contributed by atoms with Gasteiger partial charge in [-0.25, -0.2) is 9.78 Å². The number of hydrogen-bond acceptors (Lipinski definition) is 6. The Bertz CT molecular complexity index is 1360. The monoisotopic (exact) mass is 450 g/mol. The predicted octanol–water partition coefficient (Wildman–Crippen LogP) is 4.47. The molecule has 0 atom stereocenters. The fourth-order valence-electron chi connectivity index (χ4n) is 4.40. The van der Waals surface area contributed by atoms with Crippen LogP contribution in [0.3, 0.4) is 0 Å². The van der Waals surface area contributed by atoms with E-state index in [1.54, 1.807) is 0 Å². The van der Waals surface area contributed by atoms with E-state index in [-0.39, 0.29) is 0 Å². The Morgan fingerprint density at radius 2 is 1.94 bits per heavy atom. The van der Waals surface area contributed by atoms with E-state index in [4.69, 9.17) is 26.1 Å². The van der Waals surface area contributed by atoms with Crippen LogP contribution in [0.15, 0.2) is 36.5 Å². The number of pyridine rings is 1. The van der Waals surface area contributed by atoms with Crippen LogP contribution in [0.1, 0.15) is 21.7 Å². The Balaban J connectivity index is 1.84. The smallest absolute Gasteiger partial charge is 0.340 e. The molecule has 0 spiro atoms. The molecule has 8 heteroatoms. The largest absolute Gasteiger partial charge is 0.465 e. The number of esters is 1. The molecule has 7 nitrogen and oxygen atoms in total. The number of fused-ring (bicyclic) bond motifs is 2. The highest BCUT2D eigenvalue weighted by molar-refractivity contribution is 6.35. The van der Waals surface area contributed by atoms with Gasteiger partial charge in [0.2, 0.25) is 0 Å². The minimum absolute atomic E-state index is 0.408. The van der Waals surface area contributed by atoms with Crippen LogP contribution in [-0.4, -0.2) is 53.9 Å². The first-order valence-electron chi connectivity index (χ1n) is 10.5. The number of ether oxygens (including phenoxy) is 2. The van der Waals surface area contributed by atoms with Crippen molar-refractivity contribution in [1.82, 2.24) is 14.5 Å². The zero-order valence-electron chi connectivity index (χ0n) is 18.2. The molecule has 0 bridgehead atoms. The maximum Gasteiger partial charge on any atom is 0.340 e. The van der Waals surface area contributed by atoms with Crippen molar-refractivity contribution in [2.75, 3.05) is 38.3 Å². The number of imidazole rings is 1. The van der Waals surface area contributed by atoms with Gasteiger partial charge in [0.25, 0.3) is 0 Å². The second-order valence-corrected chi connectivity index (χ2v) is 8.28. The summed E-state index contributed by atoms with van der Waals surface area (Å²) < 4.78 is 12.7. The highest BCUT2D eigenvalue weighted by Crippen LogP contribution is 2.35. The van der Waals surface area contributed by atoms with Crippen LogP contribution in [0.2, 0.25) is 5.02 Å². The number of aryl methyl sites for hydroxylation is 2. The highest BCUT2D eigenvalue weighted by atomic mass is 35.5. The molecule has 0 N–H and O–H groups in total. The Labute approximate surface area is 190 Å². The number of carbonyl (C=O) groups excluding carboxylic acids is 1. The summed E-state index contributed by atoms with van der Waals surface area (Å²) in [5, 5.41) is 1.52. The number of benzene rings is 2. The molecule has 2 aromatic carbocycles. The van der Waals surface area contributed by atoms with E-state index in [0.29, 0.717) is 29.3 Å². The van der Waals surface area contributed by atoms with E-state index >= 15 is 0 Å². The lowest BCUT2D eigenvalue weighted by atomic mass is 10.1. The lowest BCUT2D eigenvalue weighted by molar-refractivity contribution is 0.0603. The van der Waals surface area contributed by atoms with Crippen LogP contribution < -0.4 is 4.90 Å². The van der Waals surface area contributed by atoms with Crippen LogP contribution in [0.4, 0.5) is 5.69 Å². The zero-order valence-corrected chi connectivity index (χ0v) is 18.9. The topological polar surface area (TPSA) is 69.5 Å². The lowest BCUT2D eigenvalue weighted by Gasteiger charge is -2.29. The van der Waals surface area contributed by atoms with Crippen LogP contribution in [0, 0.1) is 13.8 Å². The number of para-hydroxylation sites is 1. The van der Waals surface area contributed by atoms with Gasteiger partial charge in [-0.2, -0.15) is 0 Å². The summed E-state index contributed by atoms with van der Waals surface area (Å²) in [5.41, 5.74) is 5.50. The number of halogens is 1. The summed E-state index contributed by atoms with van der Waals surface area (Å²) in [7, 11) is 1.39. The quantitative estimate of drug-likeness (QED) is 0.429. The van der Waals surface area contributed by atoms with Crippen molar-refractivity contribution >= 4 is 45.2 Å². The number of aromatic nitrogens is 3. The van der Waals surface area contributed by atoms with Crippen molar-refractivity contribution in [2.45, 2.75) is 13.8 Å². The predicted molar refractivity (Wildman–Crippen MR) is 125 cm³/mol. The average molecular weight is 451 g/mol. The minimum Gasteiger partial charge on any atom is -0.465 e. The lowest BCUT2D eigenvalue weighted by Crippen LogP contribution is -2.36. The third kappa shape index (κ3) is 3.29. The molecule has 4 aromatic rings. The van der Waals surface area contributed by atoms with Crippen molar-refractivity contribution in [2.24, 2.45) is 0 Å². The number of anilines is 1. The van der Waals surface area contributed by atoms with Crippen LogP contribution in [-0.2, 0) is 9.47 Å². The Morgan fingerprint density at radius 1 is 1.16 bits per heavy atom. The highest BCUT2D eigenvalue weighted by Gasteiger charge is 2.23. The number of rotatable bonds is 3. The number of nitrogens with zero attached hydrogens (tertiary/aromatic N) is 4. The van der Waals surface area contributed by atoms with E-state index in [1.165, 1.54) is 7.11 Å². The standard InChI is InChI=1S/C24H23ClN4O3/c1-14-13-26-21-17(5-4-6-19(21)25)23(14)29-15(2)27-22-18(24(30)31-3)11-16(12-20(22)29)28-7-9-32-10-8-28/h4-6,11-13H,7-10H2,1-3H3. The maximum absolute atomic E-state index is 12.7. The first-order chi connectivity index (χ1) is 15.5. The summed E-state index contributed by atoms with van der Waals surface area (Å²) in [6, 6.07) is 9.71. The summed E-state index contributed by atoms with van der Waals surface area (Å²) >= 11 is 6.45. The first kappa shape index (κ1) is 20.7. The van der Waals surface area contributed by atoms with Crippen molar-refractivity contribution in [3.05, 3.63) is 58.5 Å². The molecule has 1 saturated heterocycles. The average Bonchev–Trinajstić information content (AvgIpc) is 3.14. The van der Waals surface area contributed by atoms with Crippen LogP contribution in [0.5, 0.6) is 0 Å². The van der Waals surface area contributed by atoms with E-state index in [1.807, 2.05) is 44.3 Å². The second-order valence-electron chi connectivity index (χ2n) is 7.87. The number of methoxy groups -OCH3 is 1. The Hall–Kier alpha value is -3.16. The SMILES string of the molecule is COC(=O)c1cc(N2CCOCC2)cc2c1nc(C)n2-c1c(C)cnc2c(Cl)cccc12. The van der Waals surface area contributed by atoms with Gasteiger partial charge in [-0.3, -0.25) is 9.55 Å². The fraction of sp³-hybridized carbons (Fsp3) is 0.292. The van der Waals surface area contributed by atoms with Gasteiger partial charge in [-0.05, 0) is 37.6 Å². The van der Waals surface area contributed by atoms with Gasteiger partial charge in [-0.15, -0.1) is 0 Å². The second kappa shape index (κ2) is 8.07. The minimum atomic E-state index is -0.408. The van der Waals surface area contributed by atoms with Crippen molar-refractivity contribution in [1.29, 1.82) is 0 Å². The molecular formula is C24H23ClN4O3. The Morgan fingerprint density at radius 3 is 2.69 bits per heavy atom. The van der Waals surface area contributed by atoms with Gasteiger partial charge in [-0.1, -0.05) is 23.7 Å². The van der Waals surface area contributed by atoms with Crippen LogP contribution in [0.25, 0.3) is 27.6 Å². The molecule has 32 heavy (non-hydrogen) atoms. The fourth-order valence-corrected chi connectivity index (χ4v) is 4.62. The van der Waals surface area contributed by atoms with Gasteiger partial charge in [0.1, 0.15) is 11.3 Å². The van der Waals surface area contributed by atoms with Crippen molar-refractivity contribution < 1.29 is 14.3 Å². The van der Waals surface area contributed by atoms with Gasteiger partial charge in [0.05, 0.1) is 47.6 Å². The van der Waals surface area contributed by atoms with Crippen molar-refractivity contribution in [3.63, 3.8) is 0 Å². The van der Waals surface area contributed by atoms with E-state index in [0.717, 1.165) is 52.3 Å². The van der Waals surface area contributed by atoms with E-state index < -0.39 is 5.97 Å². The third-order valence-corrected chi connectivity index (χ3v) is 6.23. The summed E-state index contributed by atoms with van der Waals surface area (Å²) in [6.07, 6.45) is 1.82. The van der Waals surface area contributed by atoms with E-state index in [2.05, 4.69) is 20.5 Å². The van der Waals surface area contributed by atoms with E-state index in [9.17, 15) is 4.79 Å². The van der Waals surface area contributed by atoms with Gasteiger partial charge >= 0.3 is 5.97 Å². The summed E-state index contributed by atoms with van der Waals surface area (Å²) in [5.74, 6) is 0.356. The molecular weight excluding hydrogens is 428 g/mol. The third-order valence-electron chi connectivity index (χ3n) is 5.92. The molecule has 1 aliphatic heterocycles. The molecule has 0 unspecified atom stereocenters.